The molecule has 1 aromatic carbocycles. The molecule has 0 amide bonds. The van der Waals surface area contributed by atoms with Gasteiger partial charge in [-0.25, -0.2) is 14.8 Å². The van der Waals surface area contributed by atoms with E-state index in [9.17, 15) is 4.79 Å². The molecule has 0 bridgehead atoms. The number of hydrogen-bond donors (Lipinski definition) is 1. The van der Waals surface area contributed by atoms with E-state index in [1.54, 1.807) is 40.5 Å². The van der Waals surface area contributed by atoms with Crippen molar-refractivity contribution in [3.8, 4) is 0 Å². The van der Waals surface area contributed by atoms with Crippen molar-refractivity contribution >= 4 is 38.8 Å². The van der Waals surface area contributed by atoms with Gasteiger partial charge < -0.3 is 19.2 Å². The summed E-state index contributed by atoms with van der Waals surface area (Å²) in [5, 5.41) is 1.72. The van der Waals surface area contributed by atoms with Gasteiger partial charge in [-0.15, -0.1) is 0 Å². The third kappa shape index (κ3) is 3.41. The van der Waals surface area contributed by atoms with Gasteiger partial charge in [0.1, 0.15) is 0 Å². The Balaban J connectivity index is 2.03. The molecule has 1 N–H and O–H groups in total. The molecule has 0 aliphatic heterocycles. The van der Waals surface area contributed by atoms with Crippen LogP contribution in [0.1, 0.15) is 35.6 Å². The van der Waals surface area contributed by atoms with Gasteiger partial charge in [-0.1, -0.05) is 0 Å². The van der Waals surface area contributed by atoms with E-state index >= 15 is 0 Å². The van der Waals surface area contributed by atoms with E-state index < -0.39 is 5.97 Å². The van der Waals surface area contributed by atoms with Crippen LogP contribution in [0.5, 0.6) is 0 Å². The van der Waals surface area contributed by atoms with Gasteiger partial charge in [-0.2, -0.15) is 0 Å². The normalized spacial score (nSPS) is 11.8. The molecule has 8 heteroatoms. The first-order valence-electron chi connectivity index (χ1n) is 9.30. The highest BCUT2D eigenvalue weighted by molar-refractivity contribution is 6.20. The number of ether oxygens (including phenoxy) is 3. The number of esters is 1. The van der Waals surface area contributed by atoms with Crippen LogP contribution < -0.4 is 0 Å². The average Bonchev–Trinajstić information content (AvgIpc) is 3.07. The summed E-state index contributed by atoms with van der Waals surface area (Å²) in [6.45, 7) is 4.21. The van der Waals surface area contributed by atoms with Gasteiger partial charge in [0.2, 0.25) is 0 Å². The number of rotatable bonds is 6. The number of benzene rings is 1. The number of H-pyrrole nitrogens is 1. The lowest BCUT2D eigenvalue weighted by molar-refractivity contribution is 0.0366. The molecular formula is C21H22N4O4. The highest BCUT2D eigenvalue weighted by Crippen LogP contribution is 2.34. The third-order valence-corrected chi connectivity index (χ3v) is 4.58. The van der Waals surface area contributed by atoms with Gasteiger partial charge in [0.15, 0.2) is 5.69 Å². The van der Waals surface area contributed by atoms with Gasteiger partial charge in [0.05, 0.1) is 54.0 Å². The van der Waals surface area contributed by atoms with Crippen molar-refractivity contribution in [1.29, 1.82) is 0 Å². The Labute approximate surface area is 167 Å². The smallest absolute Gasteiger partial charge is 0.357 e. The van der Waals surface area contributed by atoms with E-state index in [2.05, 4.69) is 19.9 Å². The van der Waals surface area contributed by atoms with Crippen molar-refractivity contribution in [3.05, 3.63) is 41.5 Å². The molecule has 150 valence electrons. The van der Waals surface area contributed by atoms with E-state index in [-0.39, 0.29) is 18.4 Å². The molecule has 0 aliphatic carbocycles. The number of methoxy groups -OCH3 is 2. The number of aromatic nitrogens is 4. The van der Waals surface area contributed by atoms with E-state index in [1.165, 1.54) is 0 Å². The summed E-state index contributed by atoms with van der Waals surface area (Å²) in [7, 11) is 3.21. The Hall–Kier alpha value is -3.10. The Morgan fingerprint density at radius 1 is 1.03 bits per heavy atom. The molecule has 0 radical (unpaired) electrons. The lowest BCUT2D eigenvalue weighted by Crippen LogP contribution is -2.15. The van der Waals surface area contributed by atoms with Crippen LogP contribution in [0.3, 0.4) is 0 Å². The molecule has 0 saturated carbocycles. The first-order valence-corrected chi connectivity index (χ1v) is 9.30. The fourth-order valence-electron chi connectivity index (χ4n) is 3.51. The average molecular weight is 394 g/mol. The minimum absolute atomic E-state index is 0.214. The van der Waals surface area contributed by atoms with E-state index in [0.29, 0.717) is 12.2 Å². The first-order chi connectivity index (χ1) is 14.0. The number of nitrogens with zero attached hydrogens (tertiary/aromatic N) is 3. The number of aromatic amines is 1. The highest BCUT2D eigenvalue weighted by atomic mass is 16.5. The van der Waals surface area contributed by atoms with Crippen molar-refractivity contribution in [2.24, 2.45) is 0 Å². The molecule has 0 spiro atoms. The van der Waals surface area contributed by atoms with Crippen LogP contribution in [0.15, 0.2) is 24.5 Å². The predicted molar refractivity (Wildman–Crippen MR) is 109 cm³/mol. The maximum absolute atomic E-state index is 12.6. The van der Waals surface area contributed by atoms with E-state index in [1.807, 2.05) is 12.1 Å². The number of nitrogens with one attached hydrogen (secondary N) is 1. The number of hydrogen-bond acceptors (Lipinski definition) is 7. The molecule has 0 fully saturated rings. The molecule has 29 heavy (non-hydrogen) atoms. The van der Waals surface area contributed by atoms with Crippen LogP contribution in [0.25, 0.3) is 32.8 Å². The second-order valence-electron chi connectivity index (χ2n) is 7.04. The fraction of sp³-hybridized carbons (Fsp3) is 0.333. The molecule has 0 saturated heterocycles. The summed E-state index contributed by atoms with van der Waals surface area (Å²) in [6.07, 6.45) is 3.10. The largest absolute Gasteiger partial charge is 0.458 e. The van der Waals surface area contributed by atoms with E-state index in [0.717, 1.165) is 38.5 Å². The molecule has 8 nitrogen and oxygen atoms in total. The Morgan fingerprint density at radius 3 is 2.55 bits per heavy atom. The summed E-state index contributed by atoms with van der Waals surface area (Å²) < 4.78 is 15.9. The van der Waals surface area contributed by atoms with Crippen molar-refractivity contribution < 1.29 is 19.0 Å². The Bertz CT molecular complexity index is 1220. The van der Waals surface area contributed by atoms with Gasteiger partial charge in [0.25, 0.3) is 0 Å². The fourth-order valence-corrected chi connectivity index (χ4v) is 3.51. The third-order valence-electron chi connectivity index (χ3n) is 4.58. The number of carbonyl (C=O) groups is 1. The molecule has 0 unspecified atom stereocenters. The second-order valence-corrected chi connectivity index (χ2v) is 7.04. The maximum atomic E-state index is 12.6. The van der Waals surface area contributed by atoms with E-state index in [4.69, 9.17) is 14.2 Å². The van der Waals surface area contributed by atoms with Gasteiger partial charge in [0, 0.05) is 36.1 Å². The van der Waals surface area contributed by atoms with Crippen LogP contribution in [-0.4, -0.2) is 46.2 Å². The van der Waals surface area contributed by atoms with Crippen LogP contribution in [0.2, 0.25) is 0 Å². The summed E-state index contributed by atoms with van der Waals surface area (Å²) >= 11 is 0. The topological polar surface area (TPSA) is 99.2 Å². The predicted octanol–water partition coefficient (Wildman–Crippen LogP) is 3.52. The Morgan fingerprint density at radius 2 is 1.83 bits per heavy atom. The van der Waals surface area contributed by atoms with Gasteiger partial charge in [-0.3, -0.25) is 4.98 Å². The maximum Gasteiger partial charge on any atom is 0.357 e. The quantitative estimate of drug-likeness (QED) is 0.500. The molecule has 0 atom stereocenters. The monoisotopic (exact) mass is 394 g/mol. The van der Waals surface area contributed by atoms with Crippen molar-refractivity contribution in [2.45, 2.75) is 33.2 Å². The minimum Gasteiger partial charge on any atom is -0.458 e. The van der Waals surface area contributed by atoms with Crippen molar-refractivity contribution in [1.82, 2.24) is 19.9 Å². The van der Waals surface area contributed by atoms with Gasteiger partial charge >= 0.3 is 5.97 Å². The molecule has 4 rings (SSSR count). The van der Waals surface area contributed by atoms with Crippen molar-refractivity contribution in [3.63, 3.8) is 0 Å². The number of carbonyl (C=O) groups excluding carboxylic acids is 1. The zero-order chi connectivity index (χ0) is 20.5. The zero-order valence-corrected chi connectivity index (χ0v) is 16.8. The molecule has 4 aromatic rings. The van der Waals surface area contributed by atoms with Crippen LogP contribution in [-0.2, 0) is 27.4 Å². The SMILES string of the molecule is COCc1cnc2c(ccc3[nH]c4cnc(C(=O)OC(C)C)c(COC)c4c32)n1. The number of pyridine rings is 1. The Kier molecular flexibility index (Phi) is 5.12. The number of fused-ring (bicyclic) bond motifs is 5. The van der Waals surface area contributed by atoms with Crippen LogP contribution in [0, 0.1) is 0 Å². The lowest BCUT2D eigenvalue weighted by Gasteiger charge is -2.12. The summed E-state index contributed by atoms with van der Waals surface area (Å²) in [5.41, 5.74) is 4.82. The zero-order valence-electron chi connectivity index (χ0n) is 16.8. The molecular weight excluding hydrogens is 372 g/mol. The first kappa shape index (κ1) is 19.2. The summed E-state index contributed by atoms with van der Waals surface area (Å²) in [6, 6.07) is 3.86. The summed E-state index contributed by atoms with van der Waals surface area (Å²) in [5.74, 6) is -0.475. The highest BCUT2D eigenvalue weighted by Gasteiger charge is 2.22. The molecule has 0 aliphatic rings. The second kappa shape index (κ2) is 7.73. The minimum atomic E-state index is -0.475. The standard InChI is InChI=1S/C21H22N4O4/c1-11(2)29-21(26)19-13(10-28-4)17-16(8-23-19)25-14-5-6-15-20(18(14)17)22-7-12(24-15)9-27-3/h5-8,11,25H,9-10H2,1-4H3. The van der Waals surface area contributed by atoms with Crippen LogP contribution >= 0.6 is 0 Å². The van der Waals surface area contributed by atoms with Crippen molar-refractivity contribution in [2.75, 3.05) is 14.2 Å². The molecule has 3 heterocycles. The molecule has 3 aromatic heterocycles. The van der Waals surface area contributed by atoms with Gasteiger partial charge in [-0.05, 0) is 26.0 Å². The van der Waals surface area contributed by atoms with Crippen LogP contribution in [0.4, 0.5) is 0 Å². The lowest BCUT2D eigenvalue weighted by atomic mass is 10.0. The summed E-state index contributed by atoms with van der Waals surface area (Å²) in [4.78, 5) is 29.6.